The van der Waals surface area contributed by atoms with E-state index < -0.39 is 5.97 Å². The van der Waals surface area contributed by atoms with Crippen LogP contribution in [0.15, 0.2) is 24.3 Å². The molecule has 0 radical (unpaired) electrons. The van der Waals surface area contributed by atoms with Crippen molar-refractivity contribution in [2.24, 2.45) is 0 Å². The average molecular weight is 231 g/mol. The Morgan fingerprint density at radius 2 is 2.00 bits per heavy atom. The lowest BCUT2D eigenvalue weighted by molar-refractivity contribution is 0.0598. The van der Waals surface area contributed by atoms with Gasteiger partial charge in [-0.25, -0.2) is 4.79 Å². The predicted molar refractivity (Wildman–Crippen MR) is 66.1 cm³/mol. The quantitative estimate of drug-likeness (QED) is 0.448. The van der Waals surface area contributed by atoms with Crippen molar-refractivity contribution < 1.29 is 14.6 Å². The largest absolute Gasteiger partial charge is 0.506 e. The van der Waals surface area contributed by atoms with Crippen LogP contribution in [0.3, 0.4) is 0 Å². The van der Waals surface area contributed by atoms with Crippen molar-refractivity contribution >= 4 is 22.4 Å². The van der Waals surface area contributed by atoms with Crippen LogP contribution < -0.4 is 5.73 Å². The summed E-state index contributed by atoms with van der Waals surface area (Å²) in [5.74, 6) is -0.692. The van der Waals surface area contributed by atoms with Crippen molar-refractivity contribution in [3.05, 3.63) is 35.4 Å². The number of hydrogen-bond donors (Lipinski definition) is 2. The first-order chi connectivity index (χ1) is 8.04. The third kappa shape index (κ3) is 1.78. The summed E-state index contributed by atoms with van der Waals surface area (Å²) in [6.07, 6.45) is 0. The normalized spacial score (nSPS) is 10.5. The SMILES string of the molecule is COC(=O)c1cc(N)c2ccc(C)cc2c1O. The van der Waals surface area contributed by atoms with E-state index in [-0.39, 0.29) is 11.3 Å². The zero-order valence-electron chi connectivity index (χ0n) is 9.65. The Kier molecular flexibility index (Phi) is 2.63. The molecule has 0 bridgehead atoms. The van der Waals surface area contributed by atoms with Gasteiger partial charge in [-0.05, 0) is 19.1 Å². The van der Waals surface area contributed by atoms with Gasteiger partial charge >= 0.3 is 5.97 Å². The van der Waals surface area contributed by atoms with Crippen LogP contribution in [-0.2, 0) is 4.74 Å². The van der Waals surface area contributed by atoms with Crippen molar-refractivity contribution in [2.75, 3.05) is 12.8 Å². The van der Waals surface area contributed by atoms with Crippen molar-refractivity contribution in [2.45, 2.75) is 6.92 Å². The van der Waals surface area contributed by atoms with E-state index in [1.807, 2.05) is 19.1 Å². The molecule has 4 nitrogen and oxygen atoms in total. The summed E-state index contributed by atoms with van der Waals surface area (Å²) >= 11 is 0. The minimum atomic E-state index is -0.599. The van der Waals surface area contributed by atoms with Crippen LogP contribution >= 0.6 is 0 Å². The van der Waals surface area contributed by atoms with E-state index in [4.69, 9.17) is 5.73 Å². The number of anilines is 1. The number of phenolic OH excluding ortho intramolecular Hbond substituents is 1. The van der Waals surface area contributed by atoms with Gasteiger partial charge < -0.3 is 15.6 Å². The molecule has 3 N–H and O–H groups in total. The molecule has 0 aliphatic carbocycles. The number of rotatable bonds is 1. The maximum Gasteiger partial charge on any atom is 0.341 e. The summed E-state index contributed by atoms with van der Waals surface area (Å²) in [5, 5.41) is 11.3. The molecule has 0 amide bonds. The molecule has 0 aliphatic heterocycles. The molecule has 0 saturated carbocycles. The molecule has 2 aromatic carbocycles. The van der Waals surface area contributed by atoms with E-state index in [9.17, 15) is 9.90 Å². The summed E-state index contributed by atoms with van der Waals surface area (Å²) in [5.41, 5.74) is 7.36. The third-order valence-electron chi connectivity index (χ3n) is 2.70. The smallest absolute Gasteiger partial charge is 0.341 e. The van der Waals surface area contributed by atoms with Gasteiger partial charge in [0.2, 0.25) is 0 Å². The van der Waals surface area contributed by atoms with E-state index >= 15 is 0 Å². The molecule has 2 rings (SSSR count). The second-order valence-electron chi connectivity index (χ2n) is 3.90. The maximum absolute atomic E-state index is 11.5. The molecule has 17 heavy (non-hydrogen) atoms. The number of aryl methyl sites for hydroxylation is 1. The molecule has 0 fully saturated rings. The number of ether oxygens (including phenoxy) is 1. The first-order valence-corrected chi connectivity index (χ1v) is 5.14. The lowest BCUT2D eigenvalue weighted by atomic mass is 10.0. The number of benzene rings is 2. The molecule has 0 spiro atoms. The molecule has 0 atom stereocenters. The molecule has 0 saturated heterocycles. The minimum absolute atomic E-state index is 0.0862. The number of phenols is 1. The van der Waals surface area contributed by atoms with Crippen molar-refractivity contribution in [1.29, 1.82) is 0 Å². The van der Waals surface area contributed by atoms with E-state index in [0.717, 1.165) is 10.9 Å². The van der Waals surface area contributed by atoms with Gasteiger partial charge in [-0.15, -0.1) is 0 Å². The van der Waals surface area contributed by atoms with E-state index in [2.05, 4.69) is 4.74 Å². The zero-order valence-corrected chi connectivity index (χ0v) is 9.65. The number of hydrogen-bond acceptors (Lipinski definition) is 4. The highest BCUT2D eigenvalue weighted by atomic mass is 16.5. The highest BCUT2D eigenvalue weighted by Crippen LogP contribution is 2.34. The fourth-order valence-corrected chi connectivity index (χ4v) is 1.82. The van der Waals surface area contributed by atoms with Crippen molar-refractivity contribution in [1.82, 2.24) is 0 Å². The highest BCUT2D eigenvalue weighted by molar-refractivity contribution is 6.06. The number of aromatic hydroxyl groups is 1. The number of nitrogens with two attached hydrogens (primary N) is 1. The molecule has 88 valence electrons. The van der Waals surface area contributed by atoms with Gasteiger partial charge in [0.05, 0.1) is 7.11 Å². The fourth-order valence-electron chi connectivity index (χ4n) is 1.82. The summed E-state index contributed by atoms with van der Waals surface area (Å²) in [6, 6.07) is 6.93. The summed E-state index contributed by atoms with van der Waals surface area (Å²) < 4.78 is 4.60. The minimum Gasteiger partial charge on any atom is -0.506 e. The fraction of sp³-hybridized carbons (Fsp3) is 0.154. The average Bonchev–Trinajstić information content (AvgIpc) is 2.32. The molecule has 0 unspecified atom stereocenters. The first kappa shape index (κ1) is 11.3. The summed E-state index contributed by atoms with van der Waals surface area (Å²) in [6.45, 7) is 1.90. The van der Waals surface area contributed by atoms with Crippen LogP contribution in [0.2, 0.25) is 0 Å². The molecular formula is C13H13NO3. The Morgan fingerprint density at radius 1 is 1.29 bits per heavy atom. The van der Waals surface area contributed by atoms with Crippen LogP contribution in [0.1, 0.15) is 15.9 Å². The number of carbonyl (C=O) groups is 1. The molecular weight excluding hydrogens is 218 g/mol. The van der Waals surface area contributed by atoms with Crippen LogP contribution in [0.5, 0.6) is 5.75 Å². The van der Waals surface area contributed by atoms with Gasteiger partial charge in [-0.1, -0.05) is 17.7 Å². The third-order valence-corrected chi connectivity index (χ3v) is 2.70. The Balaban J connectivity index is 2.82. The lowest BCUT2D eigenvalue weighted by Gasteiger charge is -2.09. The molecule has 0 heterocycles. The maximum atomic E-state index is 11.5. The van der Waals surface area contributed by atoms with Gasteiger partial charge in [0.1, 0.15) is 11.3 Å². The first-order valence-electron chi connectivity index (χ1n) is 5.14. The topological polar surface area (TPSA) is 72.5 Å². The second kappa shape index (κ2) is 3.97. The molecule has 0 aliphatic rings. The van der Waals surface area contributed by atoms with E-state index in [0.29, 0.717) is 11.1 Å². The zero-order chi connectivity index (χ0) is 12.6. The lowest BCUT2D eigenvalue weighted by Crippen LogP contribution is -2.03. The Morgan fingerprint density at radius 3 is 2.65 bits per heavy atom. The highest BCUT2D eigenvalue weighted by Gasteiger charge is 2.16. The van der Waals surface area contributed by atoms with Crippen molar-refractivity contribution in [3.63, 3.8) is 0 Å². The van der Waals surface area contributed by atoms with Crippen LogP contribution in [0.25, 0.3) is 10.8 Å². The summed E-state index contributed by atoms with van der Waals surface area (Å²) in [4.78, 5) is 11.5. The van der Waals surface area contributed by atoms with Gasteiger partial charge in [0.15, 0.2) is 0 Å². The molecule has 4 heteroatoms. The Labute approximate surface area is 98.6 Å². The number of methoxy groups -OCH3 is 1. The molecule has 0 aromatic heterocycles. The van der Waals surface area contributed by atoms with Gasteiger partial charge in [-0.3, -0.25) is 0 Å². The van der Waals surface area contributed by atoms with Crippen LogP contribution in [0.4, 0.5) is 5.69 Å². The summed E-state index contributed by atoms with van der Waals surface area (Å²) in [7, 11) is 1.26. The molecule has 2 aromatic rings. The Bertz CT molecular complexity index is 605. The standard InChI is InChI=1S/C13H13NO3/c1-7-3-4-8-9(5-7)12(15)10(6-11(8)14)13(16)17-2/h3-6,15H,14H2,1-2H3. The number of esters is 1. The van der Waals surface area contributed by atoms with Gasteiger partial charge in [0, 0.05) is 16.5 Å². The Hall–Kier alpha value is -2.23. The number of carbonyl (C=O) groups excluding carboxylic acids is 1. The van der Waals surface area contributed by atoms with Crippen LogP contribution in [-0.4, -0.2) is 18.2 Å². The van der Waals surface area contributed by atoms with Crippen LogP contribution in [0, 0.1) is 6.92 Å². The van der Waals surface area contributed by atoms with Gasteiger partial charge in [-0.2, -0.15) is 0 Å². The number of fused-ring (bicyclic) bond motifs is 1. The second-order valence-corrected chi connectivity index (χ2v) is 3.90. The van der Waals surface area contributed by atoms with E-state index in [1.54, 1.807) is 6.07 Å². The van der Waals surface area contributed by atoms with Crippen molar-refractivity contribution in [3.8, 4) is 5.75 Å². The van der Waals surface area contributed by atoms with E-state index in [1.165, 1.54) is 13.2 Å². The predicted octanol–water partition coefficient (Wildman–Crippen LogP) is 2.22. The number of nitrogen functional groups attached to an aromatic ring is 1. The monoisotopic (exact) mass is 231 g/mol. The van der Waals surface area contributed by atoms with Gasteiger partial charge in [0.25, 0.3) is 0 Å².